The van der Waals surface area contributed by atoms with E-state index in [9.17, 15) is 19.3 Å². The molecule has 0 fully saturated rings. The maximum atomic E-state index is 12.9. The van der Waals surface area contributed by atoms with Gasteiger partial charge < -0.3 is 24.3 Å². The Morgan fingerprint density at radius 3 is 2.29 bits per heavy atom. The zero-order valence-electron chi connectivity index (χ0n) is 15.5. The zero-order valence-corrected chi connectivity index (χ0v) is 15.5. The van der Waals surface area contributed by atoms with E-state index in [0.29, 0.717) is 5.75 Å². The molecule has 2 aromatic carbocycles. The Morgan fingerprint density at radius 2 is 1.75 bits per heavy atom. The molecule has 0 radical (unpaired) electrons. The number of hydrogen-bond acceptors (Lipinski definition) is 7. The standard InChI is InChI=1S/C18H19FN2O7/c1-25-14-10-13(15(21(23)24)17(27-3)16(14)26-2)18(22)20-8-9-28-12-6-4-11(19)5-7-12/h4-7,10H,8-9H2,1-3H3,(H,20,22). The van der Waals surface area contributed by atoms with Crippen molar-refractivity contribution in [1.82, 2.24) is 5.32 Å². The lowest BCUT2D eigenvalue weighted by Gasteiger charge is -2.15. The third-order valence-electron chi connectivity index (χ3n) is 3.70. The van der Waals surface area contributed by atoms with Gasteiger partial charge >= 0.3 is 5.69 Å². The summed E-state index contributed by atoms with van der Waals surface area (Å²) in [7, 11) is 3.86. The average Bonchev–Trinajstić information content (AvgIpc) is 2.70. The van der Waals surface area contributed by atoms with Crippen molar-refractivity contribution in [2.75, 3.05) is 34.5 Å². The number of ether oxygens (including phenoxy) is 4. The summed E-state index contributed by atoms with van der Waals surface area (Å²) in [4.78, 5) is 23.3. The fourth-order valence-corrected chi connectivity index (χ4v) is 2.45. The molecule has 0 heterocycles. The van der Waals surface area contributed by atoms with Crippen LogP contribution in [0.4, 0.5) is 10.1 Å². The van der Waals surface area contributed by atoms with Crippen LogP contribution < -0.4 is 24.3 Å². The van der Waals surface area contributed by atoms with Crippen molar-refractivity contribution < 1.29 is 33.1 Å². The van der Waals surface area contributed by atoms with Gasteiger partial charge in [0.05, 0.1) is 32.8 Å². The van der Waals surface area contributed by atoms with Gasteiger partial charge in [0.25, 0.3) is 5.91 Å². The molecule has 0 aromatic heterocycles. The number of hydrogen-bond donors (Lipinski definition) is 1. The van der Waals surface area contributed by atoms with Gasteiger partial charge in [0.2, 0.25) is 11.5 Å². The second-order valence-electron chi connectivity index (χ2n) is 5.36. The van der Waals surface area contributed by atoms with E-state index in [-0.39, 0.29) is 36.0 Å². The van der Waals surface area contributed by atoms with Gasteiger partial charge in [0, 0.05) is 6.07 Å². The van der Waals surface area contributed by atoms with Crippen LogP contribution in [0.25, 0.3) is 0 Å². The SMILES string of the molecule is COc1cc(C(=O)NCCOc2ccc(F)cc2)c([N+](=O)[O-])c(OC)c1OC. The van der Waals surface area contributed by atoms with E-state index < -0.39 is 22.3 Å². The van der Waals surface area contributed by atoms with Gasteiger partial charge in [-0.3, -0.25) is 14.9 Å². The minimum absolute atomic E-state index is 0.00731. The second kappa shape index (κ2) is 9.40. The van der Waals surface area contributed by atoms with Crippen LogP contribution in [0.2, 0.25) is 0 Å². The maximum Gasteiger partial charge on any atom is 0.327 e. The van der Waals surface area contributed by atoms with Crippen molar-refractivity contribution in [2.45, 2.75) is 0 Å². The fraction of sp³-hybridized carbons (Fsp3) is 0.278. The largest absolute Gasteiger partial charge is 0.493 e. The molecule has 0 bridgehead atoms. The first-order valence-electron chi connectivity index (χ1n) is 8.06. The molecule has 1 amide bonds. The molecular formula is C18H19FN2O7. The highest BCUT2D eigenvalue weighted by Crippen LogP contribution is 2.46. The minimum atomic E-state index is -0.731. The van der Waals surface area contributed by atoms with E-state index in [0.717, 1.165) is 0 Å². The molecule has 2 aromatic rings. The van der Waals surface area contributed by atoms with Gasteiger partial charge in [0.1, 0.15) is 23.7 Å². The third kappa shape index (κ3) is 4.58. The first-order valence-corrected chi connectivity index (χ1v) is 8.06. The molecule has 0 saturated carbocycles. The van der Waals surface area contributed by atoms with Gasteiger partial charge in [-0.2, -0.15) is 0 Å². The molecule has 2 rings (SSSR count). The fourth-order valence-electron chi connectivity index (χ4n) is 2.45. The molecule has 9 nitrogen and oxygen atoms in total. The molecule has 0 unspecified atom stereocenters. The Morgan fingerprint density at radius 1 is 1.11 bits per heavy atom. The molecule has 0 atom stereocenters. The van der Waals surface area contributed by atoms with Gasteiger partial charge in [0.15, 0.2) is 5.75 Å². The Bertz CT molecular complexity index is 856. The van der Waals surface area contributed by atoms with E-state index in [2.05, 4.69) is 5.32 Å². The van der Waals surface area contributed by atoms with Crippen molar-refractivity contribution in [3.8, 4) is 23.0 Å². The molecule has 28 heavy (non-hydrogen) atoms. The summed E-state index contributed by atoms with van der Waals surface area (Å²) in [6.45, 7) is 0.139. The van der Waals surface area contributed by atoms with Gasteiger partial charge in [-0.25, -0.2) is 4.39 Å². The normalized spacial score (nSPS) is 10.1. The van der Waals surface area contributed by atoms with Gasteiger partial charge in [-0.1, -0.05) is 0 Å². The average molecular weight is 394 g/mol. The highest BCUT2D eigenvalue weighted by Gasteiger charge is 2.32. The third-order valence-corrected chi connectivity index (χ3v) is 3.70. The first kappa shape index (κ1) is 20.7. The monoisotopic (exact) mass is 394 g/mol. The molecule has 1 N–H and O–H groups in total. The van der Waals surface area contributed by atoms with Crippen LogP contribution in [0.1, 0.15) is 10.4 Å². The van der Waals surface area contributed by atoms with Crippen molar-refractivity contribution in [1.29, 1.82) is 0 Å². The number of amides is 1. The summed E-state index contributed by atoms with van der Waals surface area (Å²) in [6, 6.07) is 6.58. The summed E-state index contributed by atoms with van der Waals surface area (Å²) in [6.07, 6.45) is 0. The topological polar surface area (TPSA) is 109 Å². The van der Waals surface area contributed by atoms with Gasteiger partial charge in [-0.05, 0) is 24.3 Å². The molecule has 0 saturated heterocycles. The lowest BCUT2D eigenvalue weighted by atomic mass is 10.1. The smallest absolute Gasteiger partial charge is 0.327 e. The van der Waals surface area contributed by atoms with Crippen molar-refractivity contribution in [2.24, 2.45) is 0 Å². The van der Waals surface area contributed by atoms with Crippen LogP contribution in [-0.2, 0) is 0 Å². The van der Waals surface area contributed by atoms with Crippen LogP contribution in [-0.4, -0.2) is 45.3 Å². The number of nitro groups is 1. The minimum Gasteiger partial charge on any atom is -0.493 e. The second-order valence-corrected chi connectivity index (χ2v) is 5.36. The maximum absolute atomic E-state index is 12.9. The van der Waals surface area contributed by atoms with Crippen LogP contribution in [0, 0.1) is 15.9 Å². The Kier molecular flexibility index (Phi) is 6.96. The van der Waals surface area contributed by atoms with E-state index >= 15 is 0 Å². The number of methoxy groups -OCH3 is 3. The summed E-state index contributed by atoms with van der Waals surface area (Å²) in [5.74, 6) is -0.788. The molecule has 0 aliphatic heterocycles. The lowest BCUT2D eigenvalue weighted by molar-refractivity contribution is -0.386. The molecular weight excluding hydrogens is 375 g/mol. The molecule has 0 spiro atoms. The number of nitrogens with zero attached hydrogens (tertiary/aromatic N) is 1. The predicted octanol–water partition coefficient (Wildman–Crippen LogP) is 2.57. The number of halogens is 1. The van der Waals surface area contributed by atoms with Crippen molar-refractivity contribution in [3.05, 3.63) is 51.8 Å². The van der Waals surface area contributed by atoms with Crippen LogP contribution in [0.15, 0.2) is 30.3 Å². The number of benzene rings is 2. The van der Waals surface area contributed by atoms with E-state index in [1.54, 1.807) is 0 Å². The van der Waals surface area contributed by atoms with E-state index in [1.807, 2.05) is 0 Å². The number of carbonyl (C=O) groups excluding carboxylic acids is 1. The lowest BCUT2D eigenvalue weighted by Crippen LogP contribution is -2.28. The van der Waals surface area contributed by atoms with Crippen LogP contribution in [0.5, 0.6) is 23.0 Å². The Hall–Kier alpha value is -3.56. The van der Waals surface area contributed by atoms with Gasteiger partial charge in [-0.15, -0.1) is 0 Å². The molecule has 0 aliphatic rings. The highest BCUT2D eigenvalue weighted by molar-refractivity contribution is 6.00. The quantitative estimate of drug-likeness (QED) is 0.395. The first-order chi connectivity index (χ1) is 13.4. The number of nitro benzene ring substituents is 1. The Labute approximate surface area is 160 Å². The van der Waals surface area contributed by atoms with Crippen LogP contribution >= 0.6 is 0 Å². The summed E-state index contributed by atoms with van der Waals surface area (Å²) in [5, 5.41) is 14.0. The zero-order chi connectivity index (χ0) is 20.7. The van der Waals surface area contributed by atoms with E-state index in [1.165, 1.54) is 51.7 Å². The predicted molar refractivity (Wildman–Crippen MR) is 97.0 cm³/mol. The van der Waals surface area contributed by atoms with E-state index in [4.69, 9.17) is 18.9 Å². The van der Waals surface area contributed by atoms with Crippen molar-refractivity contribution in [3.63, 3.8) is 0 Å². The highest BCUT2D eigenvalue weighted by atomic mass is 19.1. The molecule has 10 heteroatoms. The molecule has 0 aliphatic carbocycles. The Balaban J connectivity index is 2.17. The summed E-state index contributed by atoms with van der Waals surface area (Å²) in [5.41, 5.74) is -0.793. The number of nitrogens with one attached hydrogen (secondary N) is 1. The van der Waals surface area contributed by atoms with Crippen molar-refractivity contribution >= 4 is 11.6 Å². The molecule has 150 valence electrons. The number of rotatable bonds is 9. The summed E-state index contributed by atoms with van der Waals surface area (Å²) < 4.78 is 33.5. The summed E-state index contributed by atoms with van der Waals surface area (Å²) >= 11 is 0. The van der Waals surface area contributed by atoms with Crippen LogP contribution in [0.3, 0.4) is 0 Å². The number of carbonyl (C=O) groups is 1.